The molecule has 5 N–H and O–H groups in total. The summed E-state index contributed by atoms with van der Waals surface area (Å²) in [5.41, 5.74) is -0.154. The van der Waals surface area contributed by atoms with Crippen molar-refractivity contribution in [3.8, 4) is 0 Å². The van der Waals surface area contributed by atoms with E-state index in [4.69, 9.17) is 14.0 Å². The number of carbonyl (C=O) groups excluding carboxylic acids is 2. The van der Waals surface area contributed by atoms with Gasteiger partial charge in [0.05, 0.1) is 5.75 Å². The molecule has 2 amide bonds. The molecule has 192 valence electrons. The summed E-state index contributed by atoms with van der Waals surface area (Å²) in [5.74, 6) is -0.812. The largest absolute Gasteiger partial charge is 0.448 e. The van der Waals surface area contributed by atoms with Gasteiger partial charge in [-0.2, -0.15) is 18.4 Å². The molecule has 16 nitrogen and oxygen atoms in total. The van der Waals surface area contributed by atoms with Crippen molar-refractivity contribution in [3.63, 3.8) is 0 Å². The maximum absolute atomic E-state index is 11.9. The minimum atomic E-state index is -4.27. The van der Waals surface area contributed by atoms with Crippen LogP contribution in [0.2, 0.25) is 0 Å². The zero-order valence-corrected chi connectivity index (χ0v) is 19.7. The normalized spacial score (nSPS) is 11.2. The number of anilines is 2. The van der Waals surface area contributed by atoms with Crippen molar-refractivity contribution in [3.05, 3.63) is 44.2 Å². The van der Waals surface area contributed by atoms with Crippen molar-refractivity contribution in [2.24, 2.45) is 0 Å². The van der Waals surface area contributed by atoms with E-state index in [1.165, 1.54) is 17.0 Å². The summed E-state index contributed by atoms with van der Waals surface area (Å²) in [6.07, 6.45) is -1.83. The fourth-order valence-corrected chi connectivity index (χ4v) is 3.14. The second kappa shape index (κ2) is 12.6. The number of amides is 2. The Kier molecular flexibility index (Phi) is 9.86. The third kappa shape index (κ3) is 11.2. The molecular formula is C18H25N7O9S. The Morgan fingerprint density at radius 2 is 1.34 bits per heavy atom. The Bertz CT molecular complexity index is 1180. The van der Waals surface area contributed by atoms with Gasteiger partial charge in [-0.25, -0.2) is 9.59 Å². The molecule has 0 aromatic carbocycles. The first-order chi connectivity index (χ1) is 16.4. The van der Waals surface area contributed by atoms with Crippen LogP contribution in [0.4, 0.5) is 21.5 Å². The molecule has 0 bridgehead atoms. The van der Waals surface area contributed by atoms with Crippen LogP contribution in [-0.2, 0) is 19.6 Å². The van der Waals surface area contributed by atoms with Crippen LogP contribution < -0.4 is 21.8 Å². The first-order valence-corrected chi connectivity index (χ1v) is 11.7. The Hall–Kier alpha value is -3.83. The minimum absolute atomic E-state index is 0.0262. The minimum Gasteiger partial charge on any atom is -0.448 e. The highest BCUT2D eigenvalue weighted by molar-refractivity contribution is 7.85. The van der Waals surface area contributed by atoms with E-state index < -0.39 is 39.2 Å². The standard InChI is InChI=1S/C18H25N7O9S/c1-11-9-13(26)21-15(19-11)23-17(28)33-6-3-25(5-8-35(30,31)32)4-7-34-18(29)24-16-20-12(2)10-14(27)22-16/h9-10H,3-8H2,1-2H3,(H,30,31,32)(H2,19,21,23,26,28)(H2,20,22,24,27,29). The molecule has 0 aliphatic heterocycles. The summed E-state index contributed by atoms with van der Waals surface area (Å²) in [4.78, 5) is 60.5. The number of ether oxygens (including phenoxy) is 2. The number of H-pyrrole nitrogens is 2. The van der Waals surface area contributed by atoms with Crippen molar-refractivity contribution in [2.75, 3.05) is 49.2 Å². The molecule has 0 saturated heterocycles. The van der Waals surface area contributed by atoms with Gasteiger partial charge in [0.15, 0.2) is 0 Å². The SMILES string of the molecule is Cc1cc(=O)nc(NC(=O)OCCN(CCOC(=O)Nc2nc(=O)cc(C)[nH]2)CCS(=O)(=O)O)[nH]1. The maximum atomic E-state index is 11.9. The molecule has 2 heterocycles. The third-order valence-electron chi connectivity index (χ3n) is 4.14. The Balaban J connectivity index is 1.83. The number of hydrogen-bond acceptors (Lipinski definition) is 11. The Morgan fingerprint density at radius 3 is 1.71 bits per heavy atom. The molecule has 0 unspecified atom stereocenters. The highest BCUT2D eigenvalue weighted by Gasteiger charge is 2.14. The second-order valence-electron chi connectivity index (χ2n) is 7.15. The van der Waals surface area contributed by atoms with Crippen LogP contribution >= 0.6 is 0 Å². The summed E-state index contributed by atoms with van der Waals surface area (Å²) in [7, 11) is -4.27. The molecule has 0 radical (unpaired) electrons. The van der Waals surface area contributed by atoms with E-state index in [0.29, 0.717) is 11.4 Å². The number of carbonyl (C=O) groups is 2. The predicted molar refractivity (Wildman–Crippen MR) is 122 cm³/mol. The van der Waals surface area contributed by atoms with Gasteiger partial charge in [-0.1, -0.05) is 0 Å². The second-order valence-corrected chi connectivity index (χ2v) is 8.72. The average molecular weight is 516 g/mol. The van der Waals surface area contributed by atoms with Gasteiger partial charge in [-0.05, 0) is 13.8 Å². The predicted octanol–water partition coefficient (Wildman–Crippen LogP) is -0.543. The van der Waals surface area contributed by atoms with Gasteiger partial charge in [0.25, 0.3) is 21.2 Å². The molecule has 2 rings (SSSR count). The van der Waals surface area contributed by atoms with Crippen molar-refractivity contribution in [1.82, 2.24) is 24.8 Å². The first-order valence-electron chi connectivity index (χ1n) is 10.1. The summed E-state index contributed by atoms with van der Waals surface area (Å²) >= 11 is 0. The van der Waals surface area contributed by atoms with E-state index in [1.54, 1.807) is 13.8 Å². The lowest BCUT2D eigenvalue weighted by Gasteiger charge is -2.21. The summed E-state index contributed by atoms with van der Waals surface area (Å²) in [6.45, 7) is 2.71. The molecule has 2 aromatic heterocycles. The van der Waals surface area contributed by atoms with Gasteiger partial charge < -0.3 is 19.4 Å². The molecule has 0 spiro atoms. The van der Waals surface area contributed by atoms with Crippen LogP contribution in [0, 0.1) is 13.8 Å². The molecule has 17 heteroatoms. The van der Waals surface area contributed by atoms with Gasteiger partial charge in [0, 0.05) is 43.2 Å². The van der Waals surface area contributed by atoms with Crippen molar-refractivity contribution < 1.29 is 32.0 Å². The van der Waals surface area contributed by atoms with Gasteiger partial charge in [-0.15, -0.1) is 0 Å². The van der Waals surface area contributed by atoms with Crippen LogP contribution in [0.5, 0.6) is 0 Å². The van der Waals surface area contributed by atoms with Gasteiger partial charge in [0.1, 0.15) is 13.2 Å². The van der Waals surface area contributed by atoms with Crippen LogP contribution in [0.15, 0.2) is 21.7 Å². The smallest absolute Gasteiger partial charge is 0.414 e. The number of rotatable bonds is 11. The zero-order chi connectivity index (χ0) is 26.0. The van der Waals surface area contributed by atoms with Crippen LogP contribution in [0.3, 0.4) is 0 Å². The number of aryl methyl sites for hydroxylation is 2. The van der Waals surface area contributed by atoms with E-state index in [1.807, 2.05) is 0 Å². The van der Waals surface area contributed by atoms with Crippen molar-refractivity contribution in [2.45, 2.75) is 13.8 Å². The first kappa shape index (κ1) is 27.4. The Morgan fingerprint density at radius 1 is 0.914 bits per heavy atom. The number of nitrogens with one attached hydrogen (secondary N) is 4. The third-order valence-corrected chi connectivity index (χ3v) is 4.84. The summed E-state index contributed by atoms with van der Waals surface area (Å²) in [6, 6.07) is 2.48. The van der Waals surface area contributed by atoms with E-state index in [2.05, 4.69) is 30.6 Å². The lowest BCUT2D eigenvalue weighted by molar-refractivity contribution is 0.119. The van der Waals surface area contributed by atoms with E-state index in [9.17, 15) is 27.6 Å². The van der Waals surface area contributed by atoms with E-state index in [0.717, 1.165) is 0 Å². The lowest BCUT2D eigenvalue weighted by atomic mass is 10.4. The highest BCUT2D eigenvalue weighted by atomic mass is 32.2. The topological polar surface area (TPSA) is 226 Å². The van der Waals surface area contributed by atoms with Gasteiger partial charge in [-0.3, -0.25) is 29.7 Å². The molecule has 0 fully saturated rings. The molecule has 35 heavy (non-hydrogen) atoms. The molecule has 0 saturated carbocycles. The number of aromatic amines is 2. The van der Waals surface area contributed by atoms with Crippen molar-refractivity contribution in [1.29, 1.82) is 0 Å². The number of nitrogens with zero attached hydrogens (tertiary/aromatic N) is 3. The molecule has 0 aliphatic carbocycles. The Labute approximate surface area is 198 Å². The molecule has 0 atom stereocenters. The van der Waals surface area contributed by atoms with Gasteiger partial charge >= 0.3 is 12.2 Å². The molecular weight excluding hydrogens is 490 g/mol. The van der Waals surface area contributed by atoms with E-state index >= 15 is 0 Å². The summed E-state index contributed by atoms with van der Waals surface area (Å²) < 4.78 is 41.1. The number of hydrogen-bond donors (Lipinski definition) is 5. The lowest BCUT2D eigenvalue weighted by Crippen LogP contribution is -2.36. The fraction of sp³-hybridized carbons (Fsp3) is 0.444. The average Bonchev–Trinajstić information content (AvgIpc) is 2.69. The highest BCUT2D eigenvalue weighted by Crippen LogP contribution is 2.00. The molecule has 2 aromatic rings. The fourth-order valence-electron chi connectivity index (χ4n) is 2.66. The van der Waals surface area contributed by atoms with Crippen LogP contribution in [0.1, 0.15) is 11.4 Å². The van der Waals surface area contributed by atoms with E-state index in [-0.39, 0.29) is 44.7 Å². The van der Waals surface area contributed by atoms with Crippen molar-refractivity contribution >= 4 is 34.2 Å². The van der Waals surface area contributed by atoms with Crippen LogP contribution in [-0.4, -0.2) is 88.6 Å². The van der Waals surface area contributed by atoms with Gasteiger partial charge in [0.2, 0.25) is 11.9 Å². The summed E-state index contributed by atoms with van der Waals surface area (Å²) in [5, 5.41) is 4.50. The van der Waals surface area contributed by atoms with Crippen LogP contribution in [0.25, 0.3) is 0 Å². The maximum Gasteiger partial charge on any atom is 0.414 e. The number of aromatic nitrogens is 4. The monoisotopic (exact) mass is 515 g/mol. The molecule has 0 aliphatic rings. The quantitative estimate of drug-likeness (QED) is 0.238. The zero-order valence-electron chi connectivity index (χ0n) is 18.9.